The predicted octanol–water partition coefficient (Wildman–Crippen LogP) is 2.47. The topological polar surface area (TPSA) is 70.6 Å². The van der Waals surface area contributed by atoms with Crippen molar-refractivity contribution in [3.63, 3.8) is 0 Å². The summed E-state index contributed by atoms with van der Waals surface area (Å²) in [4.78, 5) is 25.5. The van der Waals surface area contributed by atoms with E-state index in [1.165, 1.54) is 12.1 Å². The van der Waals surface area contributed by atoms with Gasteiger partial charge in [0.05, 0.1) is 0 Å². The minimum absolute atomic E-state index is 0.0920. The number of benzene rings is 1. The van der Waals surface area contributed by atoms with Crippen molar-refractivity contribution in [2.45, 2.75) is 26.9 Å². The van der Waals surface area contributed by atoms with Gasteiger partial charge in [0.25, 0.3) is 5.91 Å². The van der Waals surface area contributed by atoms with E-state index < -0.39 is 11.9 Å². The maximum Gasteiger partial charge on any atom is 0.263 e. The fraction of sp³-hybridized carbons (Fsp3) is 0.450. The number of aryl methyl sites for hydroxylation is 1. The number of halogens is 1. The van der Waals surface area contributed by atoms with Crippen LogP contribution in [0.1, 0.15) is 19.5 Å². The third-order valence-electron chi connectivity index (χ3n) is 4.58. The molecule has 8 heteroatoms. The van der Waals surface area contributed by atoms with Crippen LogP contribution in [0.5, 0.6) is 5.75 Å². The van der Waals surface area contributed by atoms with Crippen LogP contribution in [0.15, 0.2) is 30.3 Å². The van der Waals surface area contributed by atoms with Crippen molar-refractivity contribution in [2.24, 2.45) is 0 Å². The molecule has 3 rings (SSSR count). The Kier molecular flexibility index (Phi) is 6.28. The summed E-state index contributed by atoms with van der Waals surface area (Å²) in [5, 5.41) is 3.14. The molecule has 0 aliphatic carbocycles. The predicted molar refractivity (Wildman–Crippen MR) is 106 cm³/mol. The van der Waals surface area contributed by atoms with Gasteiger partial charge < -0.3 is 19.9 Å². The fourth-order valence-corrected chi connectivity index (χ4v) is 3.15. The summed E-state index contributed by atoms with van der Waals surface area (Å²) < 4.78 is 19.3. The van der Waals surface area contributed by atoms with Crippen LogP contribution in [0.3, 0.4) is 0 Å². The number of para-hydroxylation sites is 1. The van der Waals surface area contributed by atoms with Crippen LogP contribution in [0.4, 0.5) is 16.2 Å². The molecule has 1 aliphatic heterocycles. The SMILES string of the molecule is CCNc1nc(C)cc(N2CCN(C(=O)C(C)Oc3ccccc3F)CC2)n1. The van der Waals surface area contributed by atoms with Gasteiger partial charge in [0.2, 0.25) is 5.95 Å². The van der Waals surface area contributed by atoms with Crippen molar-refractivity contribution in [2.75, 3.05) is 42.9 Å². The summed E-state index contributed by atoms with van der Waals surface area (Å²) in [6.07, 6.45) is -0.745. The monoisotopic (exact) mass is 387 g/mol. The summed E-state index contributed by atoms with van der Waals surface area (Å²) in [6, 6.07) is 8.05. The number of nitrogens with one attached hydrogen (secondary N) is 1. The van der Waals surface area contributed by atoms with Crippen LogP contribution < -0.4 is 15.0 Å². The van der Waals surface area contributed by atoms with E-state index in [1.54, 1.807) is 24.0 Å². The molecule has 1 aromatic carbocycles. The molecule has 1 aliphatic rings. The molecule has 1 N–H and O–H groups in total. The van der Waals surface area contributed by atoms with E-state index in [2.05, 4.69) is 20.2 Å². The highest BCUT2D eigenvalue weighted by atomic mass is 19.1. The Hall–Kier alpha value is -2.90. The van der Waals surface area contributed by atoms with Gasteiger partial charge in [-0.3, -0.25) is 4.79 Å². The third-order valence-corrected chi connectivity index (χ3v) is 4.58. The van der Waals surface area contributed by atoms with Gasteiger partial charge in [-0.1, -0.05) is 12.1 Å². The lowest BCUT2D eigenvalue weighted by Crippen LogP contribution is -2.52. The lowest BCUT2D eigenvalue weighted by Gasteiger charge is -2.36. The van der Waals surface area contributed by atoms with Crippen molar-refractivity contribution in [3.05, 3.63) is 41.8 Å². The molecule has 2 aromatic rings. The normalized spacial score (nSPS) is 15.3. The number of piperazine rings is 1. The molecule has 2 heterocycles. The van der Waals surface area contributed by atoms with E-state index in [9.17, 15) is 9.18 Å². The minimum Gasteiger partial charge on any atom is -0.478 e. The van der Waals surface area contributed by atoms with Gasteiger partial charge in [0, 0.05) is 44.5 Å². The second-order valence-electron chi connectivity index (χ2n) is 6.72. The number of hydrogen-bond acceptors (Lipinski definition) is 6. The molecule has 28 heavy (non-hydrogen) atoms. The summed E-state index contributed by atoms with van der Waals surface area (Å²) in [5.41, 5.74) is 0.895. The number of ether oxygens (including phenoxy) is 1. The number of carbonyl (C=O) groups is 1. The van der Waals surface area contributed by atoms with E-state index in [0.29, 0.717) is 32.1 Å². The zero-order valence-corrected chi connectivity index (χ0v) is 16.5. The van der Waals surface area contributed by atoms with Crippen LogP contribution in [0.2, 0.25) is 0 Å². The molecule has 7 nitrogen and oxygen atoms in total. The molecule has 1 aromatic heterocycles. The molecule has 1 atom stereocenters. The Morgan fingerprint density at radius 2 is 1.96 bits per heavy atom. The first-order valence-electron chi connectivity index (χ1n) is 9.52. The average Bonchev–Trinajstić information content (AvgIpc) is 2.69. The second-order valence-corrected chi connectivity index (χ2v) is 6.72. The molecule has 1 fully saturated rings. The lowest BCUT2D eigenvalue weighted by molar-refractivity contribution is -0.138. The van der Waals surface area contributed by atoms with Gasteiger partial charge in [0.15, 0.2) is 17.7 Å². The first-order valence-corrected chi connectivity index (χ1v) is 9.52. The quantitative estimate of drug-likeness (QED) is 0.821. The van der Waals surface area contributed by atoms with Crippen molar-refractivity contribution in [3.8, 4) is 5.75 Å². The number of carbonyl (C=O) groups excluding carboxylic acids is 1. The highest BCUT2D eigenvalue weighted by molar-refractivity contribution is 5.81. The number of nitrogens with zero attached hydrogens (tertiary/aromatic N) is 4. The largest absolute Gasteiger partial charge is 0.478 e. The van der Waals surface area contributed by atoms with Crippen molar-refractivity contribution < 1.29 is 13.9 Å². The van der Waals surface area contributed by atoms with E-state index in [4.69, 9.17) is 4.74 Å². The molecule has 1 unspecified atom stereocenters. The first-order chi connectivity index (χ1) is 13.5. The Morgan fingerprint density at radius 3 is 2.64 bits per heavy atom. The maximum atomic E-state index is 13.7. The molecule has 0 radical (unpaired) electrons. The average molecular weight is 387 g/mol. The van der Waals surface area contributed by atoms with Crippen molar-refractivity contribution in [1.82, 2.24) is 14.9 Å². The number of anilines is 2. The lowest BCUT2D eigenvalue weighted by atomic mass is 10.2. The summed E-state index contributed by atoms with van der Waals surface area (Å²) in [6.45, 7) is 8.80. The molecule has 1 saturated heterocycles. The zero-order valence-electron chi connectivity index (χ0n) is 16.5. The third kappa shape index (κ3) is 4.68. The maximum absolute atomic E-state index is 13.7. The highest BCUT2D eigenvalue weighted by Gasteiger charge is 2.27. The minimum atomic E-state index is -0.745. The van der Waals surface area contributed by atoms with E-state index in [1.807, 2.05) is 19.9 Å². The van der Waals surface area contributed by atoms with Crippen LogP contribution in [0, 0.1) is 12.7 Å². The smallest absolute Gasteiger partial charge is 0.263 e. The van der Waals surface area contributed by atoms with Gasteiger partial charge in [-0.05, 0) is 32.9 Å². The Balaban J connectivity index is 1.59. The number of amides is 1. The summed E-state index contributed by atoms with van der Waals surface area (Å²) >= 11 is 0. The van der Waals surface area contributed by atoms with Gasteiger partial charge in [-0.15, -0.1) is 0 Å². The van der Waals surface area contributed by atoms with Gasteiger partial charge in [-0.2, -0.15) is 4.98 Å². The van der Waals surface area contributed by atoms with Crippen LogP contribution >= 0.6 is 0 Å². The Bertz CT molecular complexity index is 824. The van der Waals surface area contributed by atoms with E-state index >= 15 is 0 Å². The zero-order chi connectivity index (χ0) is 20.1. The summed E-state index contributed by atoms with van der Waals surface area (Å²) in [5.74, 6) is 0.946. The molecular weight excluding hydrogens is 361 g/mol. The molecule has 0 saturated carbocycles. The Morgan fingerprint density at radius 1 is 1.25 bits per heavy atom. The number of rotatable bonds is 6. The Labute approximate surface area is 164 Å². The molecule has 0 bridgehead atoms. The standard InChI is InChI=1S/C20H26FN5O2/c1-4-22-20-23-14(2)13-18(24-20)25-9-11-26(12-10-25)19(27)15(3)28-17-8-6-5-7-16(17)21/h5-8,13,15H,4,9-12H2,1-3H3,(H,22,23,24). The van der Waals surface area contributed by atoms with Crippen LogP contribution in [-0.2, 0) is 4.79 Å². The molecular formula is C20H26FN5O2. The molecule has 150 valence electrons. The van der Waals surface area contributed by atoms with Crippen molar-refractivity contribution >= 4 is 17.7 Å². The number of aromatic nitrogens is 2. The van der Waals surface area contributed by atoms with Gasteiger partial charge in [0.1, 0.15) is 5.82 Å². The fourth-order valence-electron chi connectivity index (χ4n) is 3.15. The van der Waals surface area contributed by atoms with Crippen LogP contribution in [0.25, 0.3) is 0 Å². The first kappa shape index (κ1) is 19.9. The number of hydrogen-bond donors (Lipinski definition) is 1. The molecule has 1 amide bonds. The van der Waals surface area contributed by atoms with Crippen molar-refractivity contribution in [1.29, 1.82) is 0 Å². The van der Waals surface area contributed by atoms with E-state index in [0.717, 1.165) is 18.1 Å². The van der Waals surface area contributed by atoms with Gasteiger partial charge in [-0.25, -0.2) is 9.37 Å². The van der Waals surface area contributed by atoms with Crippen LogP contribution in [-0.4, -0.2) is 59.6 Å². The second kappa shape index (κ2) is 8.86. The molecule has 0 spiro atoms. The van der Waals surface area contributed by atoms with Gasteiger partial charge >= 0.3 is 0 Å². The highest BCUT2D eigenvalue weighted by Crippen LogP contribution is 2.20. The summed E-state index contributed by atoms with van der Waals surface area (Å²) in [7, 11) is 0. The van der Waals surface area contributed by atoms with E-state index in [-0.39, 0.29) is 11.7 Å².